The maximum atomic E-state index is 12.8. The Morgan fingerprint density at radius 1 is 1.02 bits per heavy atom. The first-order valence-electron chi connectivity index (χ1n) is 22.0. The van der Waals surface area contributed by atoms with Crippen LogP contribution in [0.3, 0.4) is 0 Å². The van der Waals surface area contributed by atoms with Crippen LogP contribution in [-0.2, 0) is 17.6 Å². The number of phenolic OH excluding ortho intramolecular Hbond substituents is 1. The highest BCUT2D eigenvalue weighted by molar-refractivity contribution is 5.67. The Morgan fingerprint density at radius 3 is 2.52 bits per heavy atom. The van der Waals surface area contributed by atoms with E-state index in [0.717, 1.165) is 53.5 Å². The van der Waals surface area contributed by atoms with Crippen molar-refractivity contribution in [1.29, 1.82) is 0 Å². The minimum Gasteiger partial charge on any atom is -0.508 e. The van der Waals surface area contributed by atoms with Crippen molar-refractivity contribution in [2.45, 2.75) is 158 Å². The SMILES string of the molecule is CCCCC(O)C(O)C=CC1=C(CC(O)CO)C(CCC(O)C2NC(C)CCCC2CC(=O)O)NC2C(C#Cc3ccccc3CC1)C=CCC2(O)Cc1ccc(O)cc1. The third-order valence-corrected chi connectivity index (χ3v) is 12.7. The van der Waals surface area contributed by atoms with Crippen molar-refractivity contribution >= 4 is 5.97 Å². The number of rotatable bonds is 17. The molecule has 0 saturated carbocycles. The summed E-state index contributed by atoms with van der Waals surface area (Å²) >= 11 is 0. The smallest absolute Gasteiger partial charge is 0.303 e. The average molecular weight is 829 g/mol. The van der Waals surface area contributed by atoms with Gasteiger partial charge in [-0.1, -0.05) is 92.7 Å². The number of phenols is 1. The summed E-state index contributed by atoms with van der Waals surface area (Å²) in [6, 6.07) is 13.0. The molecule has 3 aliphatic rings. The number of benzene rings is 2. The van der Waals surface area contributed by atoms with Crippen molar-refractivity contribution in [1.82, 2.24) is 10.6 Å². The van der Waals surface area contributed by atoms with Crippen LogP contribution in [0.4, 0.5) is 0 Å². The zero-order chi connectivity index (χ0) is 43.2. The third kappa shape index (κ3) is 13.3. The second-order valence-electron chi connectivity index (χ2n) is 17.4. The lowest BCUT2D eigenvalue weighted by molar-refractivity contribution is -0.138. The molecule has 2 aromatic carbocycles. The zero-order valence-corrected chi connectivity index (χ0v) is 35.3. The van der Waals surface area contributed by atoms with Crippen LogP contribution >= 0.6 is 0 Å². The molecule has 2 aliphatic heterocycles. The van der Waals surface area contributed by atoms with Gasteiger partial charge in [0.25, 0.3) is 0 Å². The fraction of sp³-hybridized carbons (Fsp3) is 0.571. The zero-order valence-electron chi connectivity index (χ0n) is 35.3. The highest BCUT2D eigenvalue weighted by atomic mass is 16.4. The summed E-state index contributed by atoms with van der Waals surface area (Å²) in [6.45, 7) is 3.56. The van der Waals surface area contributed by atoms with Crippen LogP contribution in [0.25, 0.3) is 0 Å². The number of carbonyl (C=O) groups is 1. The maximum Gasteiger partial charge on any atom is 0.303 e. The van der Waals surface area contributed by atoms with E-state index in [1.165, 1.54) is 0 Å². The molecule has 11 nitrogen and oxygen atoms in total. The quantitative estimate of drug-likeness (QED) is 0.0773. The van der Waals surface area contributed by atoms with Gasteiger partial charge in [-0.15, -0.1) is 0 Å². The van der Waals surface area contributed by atoms with Gasteiger partial charge in [0, 0.05) is 36.5 Å². The predicted octanol–water partition coefficient (Wildman–Crippen LogP) is 4.84. The summed E-state index contributed by atoms with van der Waals surface area (Å²) in [6.07, 6.45) is 9.62. The van der Waals surface area contributed by atoms with Crippen molar-refractivity contribution in [3.8, 4) is 17.6 Å². The van der Waals surface area contributed by atoms with Crippen LogP contribution in [0.2, 0.25) is 0 Å². The van der Waals surface area contributed by atoms with E-state index in [2.05, 4.69) is 22.5 Å². The molecule has 1 aliphatic carbocycles. The van der Waals surface area contributed by atoms with E-state index in [9.17, 15) is 45.6 Å². The Hall–Kier alpha value is -3.83. The molecule has 60 heavy (non-hydrogen) atoms. The van der Waals surface area contributed by atoms with E-state index in [4.69, 9.17) is 0 Å². The van der Waals surface area contributed by atoms with Crippen molar-refractivity contribution < 1.29 is 45.6 Å². The summed E-state index contributed by atoms with van der Waals surface area (Å²) in [7, 11) is 0. The lowest BCUT2D eigenvalue weighted by Crippen LogP contribution is -2.60. The molecule has 328 valence electrons. The monoisotopic (exact) mass is 828 g/mol. The number of aromatic hydroxyl groups is 1. The van der Waals surface area contributed by atoms with Crippen LogP contribution in [0.5, 0.6) is 5.75 Å². The van der Waals surface area contributed by atoms with Crippen molar-refractivity contribution in [2.75, 3.05) is 6.61 Å². The summed E-state index contributed by atoms with van der Waals surface area (Å²) in [5.74, 6) is 5.33. The second-order valence-corrected chi connectivity index (χ2v) is 17.4. The lowest BCUT2D eigenvalue weighted by Gasteiger charge is -2.44. The molecular formula is C49H68N2O9. The number of hydrogen-bond acceptors (Lipinski definition) is 10. The fourth-order valence-corrected chi connectivity index (χ4v) is 9.30. The average Bonchev–Trinajstić information content (AvgIpc) is 3.41. The Morgan fingerprint density at radius 2 is 1.78 bits per heavy atom. The van der Waals surface area contributed by atoms with E-state index in [-0.39, 0.29) is 43.4 Å². The predicted molar refractivity (Wildman–Crippen MR) is 233 cm³/mol. The molecule has 10 N–H and O–H groups in total. The highest BCUT2D eigenvalue weighted by Crippen LogP contribution is 2.36. The Bertz CT molecular complexity index is 1830. The number of fused-ring (bicyclic) bond motifs is 2. The van der Waals surface area contributed by atoms with Crippen molar-refractivity contribution in [2.24, 2.45) is 11.8 Å². The largest absolute Gasteiger partial charge is 0.508 e. The molecule has 0 radical (unpaired) electrons. The number of aryl methyl sites for hydroxylation is 1. The molecule has 11 atom stereocenters. The number of allylic oxidation sites excluding steroid dienone is 2. The van der Waals surface area contributed by atoms with Gasteiger partial charge in [-0.05, 0) is 111 Å². The molecule has 0 amide bonds. The van der Waals surface area contributed by atoms with Gasteiger partial charge in [0.2, 0.25) is 0 Å². The molecule has 5 rings (SSSR count). The minimum absolute atomic E-state index is 0.0374. The topological polar surface area (TPSA) is 203 Å². The molecule has 0 bridgehead atoms. The molecule has 1 fully saturated rings. The van der Waals surface area contributed by atoms with Gasteiger partial charge in [-0.3, -0.25) is 4.79 Å². The number of unbranched alkanes of at least 4 members (excludes halogenated alkanes) is 1. The number of hydrogen-bond donors (Lipinski definition) is 10. The van der Waals surface area contributed by atoms with Crippen LogP contribution in [-0.4, -0.2) is 108 Å². The van der Waals surface area contributed by atoms with Gasteiger partial charge in [0.15, 0.2) is 0 Å². The van der Waals surface area contributed by atoms with Gasteiger partial charge in [-0.25, -0.2) is 0 Å². The second kappa shape index (κ2) is 22.9. The molecule has 11 unspecified atom stereocenters. The van der Waals surface area contributed by atoms with Gasteiger partial charge < -0.3 is 51.5 Å². The normalized spacial score (nSPS) is 28.2. The van der Waals surface area contributed by atoms with E-state index in [1.807, 2.05) is 56.3 Å². The Kier molecular flexibility index (Phi) is 18.0. The molecular weight excluding hydrogens is 761 g/mol. The molecule has 0 spiro atoms. The minimum atomic E-state index is -1.38. The molecule has 0 aromatic heterocycles. The Labute approximate surface area is 356 Å². The van der Waals surface area contributed by atoms with Crippen LogP contribution in [0, 0.1) is 23.7 Å². The molecule has 2 aromatic rings. The van der Waals surface area contributed by atoms with E-state index >= 15 is 0 Å². The van der Waals surface area contributed by atoms with E-state index in [0.29, 0.717) is 38.5 Å². The van der Waals surface area contributed by atoms with Gasteiger partial charge in [0.1, 0.15) is 5.75 Å². The standard InChI is InChI=1S/C49H68N2O9/c1-3-4-14-43(55)44(56)25-21-36-19-17-34-10-5-6-11-35(34)18-20-37-13-8-27-49(60,30-33-15-22-39(53)23-16-33)48(37)51-42(41(36)29-40(54)31-52)24-26-45(57)47-38(28-46(58)59)12-7-9-32(2)50-47/h5-6,8,10-11,13,15-16,21-23,25,32,37-38,40,42-45,47-48,50-57,60H,3-4,7,9,12,14,17,19,24,26-31H2,1-2H3,(H,58,59). The first kappa shape index (κ1) is 47.2. The summed E-state index contributed by atoms with van der Waals surface area (Å²) in [4.78, 5) is 12.0. The highest BCUT2D eigenvalue weighted by Gasteiger charge is 2.44. The van der Waals surface area contributed by atoms with Crippen molar-refractivity contribution in [3.63, 3.8) is 0 Å². The van der Waals surface area contributed by atoms with Crippen LogP contribution in [0.1, 0.15) is 108 Å². The van der Waals surface area contributed by atoms with Crippen LogP contribution in [0.15, 0.2) is 84.0 Å². The third-order valence-electron chi connectivity index (χ3n) is 12.7. The lowest BCUT2D eigenvalue weighted by atomic mass is 9.73. The Balaban J connectivity index is 1.66. The maximum absolute atomic E-state index is 12.8. The number of carboxylic acid groups (broad SMARTS) is 1. The summed E-state index contributed by atoms with van der Waals surface area (Å²) < 4.78 is 0. The summed E-state index contributed by atoms with van der Waals surface area (Å²) in [5.41, 5.74) is 2.77. The molecule has 1 saturated heterocycles. The van der Waals surface area contributed by atoms with Crippen molar-refractivity contribution in [3.05, 3.63) is 101 Å². The first-order valence-corrected chi connectivity index (χ1v) is 22.0. The number of aliphatic carboxylic acids is 1. The first-order chi connectivity index (χ1) is 28.8. The van der Waals surface area contributed by atoms with Gasteiger partial charge in [-0.2, -0.15) is 0 Å². The number of carboxylic acids is 1. The summed E-state index contributed by atoms with van der Waals surface area (Å²) in [5, 5.41) is 95.5. The number of aliphatic hydroxyl groups is 6. The molecule has 2 heterocycles. The van der Waals surface area contributed by atoms with Gasteiger partial charge >= 0.3 is 5.97 Å². The number of aliphatic hydroxyl groups excluding tert-OH is 5. The van der Waals surface area contributed by atoms with Gasteiger partial charge in [0.05, 0.1) is 48.6 Å². The fourth-order valence-electron chi connectivity index (χ4n) is 9.30. The van der Waals surface area contributed by atoms with E-state index < -0.39 is 66.6 Å². The van der Waals surface area contributed by atoms with E-state index in [1.54, 1.807) is 30.3 Å². The molecule has 11 heteroatoms. The van der Waals surface area contributed by atoms with Crippen LogP contribution < -0.4 is 10.6 Å². The number of nitrogens with one attached hydrogen (secondary N) is 2.